The Bertz CT molecular complexity index is 999. The Morgan fingerprint density at radius 3 is 2.55 bits per heavy atom. The number of nitrogens with one attached hydrogen (secondary N) is 1. The molecule has 1 saturated carbocycles. The van der Waals surface area contributed by atoms with E-state index in [4.69, 9.17) is 23.2 Å². The average Bonchev–Trinajstić information content (AvgIpc) is 3.07. The highest BCUT2D eigenvalue weighted by Crippen LogP contribution is 2.42. The molecule has 8 heteroatoms. The van der Waals surface area contributed by atoms with E-state index >= 15 is 0 Å². The average molecular weight is 464 g/mol. The normalized spacial score (nSPS) is 26.0. The van der Waals surface area contributed by atoms with Gasteiger partial charge in [-0.05, 0) is 48.7 Å². The van der Waals surface area contributed by atoms with E-state index in [2.05, 4.69) is 10.4 Å². The number of carbonyl (C=O) groups is 1. The highest BCUT2D eigenvalue weighted by molar-refractivity contribution is 6.41. The highest BCUT2D eigenvalue weighted by atomic mass is 35.5. The number of aliphatic hydroxyl groups excluding tert-OH is 1. The summed E-state index contributed by atoms with van der Waals surface area (Å²) in [5.41, 5.74) is 1.76. The summed E-state index contributed by atoms with van der Waals surface area (Å²) in [6, 6.07) is 10.6. The molecule has 1 amide bonds. The first-order chi connectivity index (χ1) is 14.8. The molecule has 164 valence electrons. The number of hydrogen-bond acceptors (Lipinski definition) is 4. The molecule has 2 aromatic carbocycles. The molecule has 1 aliphatic carbocycles. The van der Waals surface area contributed by atoms with Gasteiger partial charge in [0.25, 0.3) is 5.91 Å². The van der Waals surface area contributed by atoms with Gasteiger partial charge < -0.3 is 10.4 Å². The molecule has 2 aromatic rings. The van der Waals surface area contributed by atoms with Crippen molar-refractivity contribution >= 4 is 40.5 Å². The number of aliphatic hydroxyl groups is 1. The van der Waals surface area contributed by atoms with Gasteiger partial charge in [0.1, 0.15) is 11.5 Å². The molecule has 0 unspecified atom stereocenters. The van der Waals surface area contributed by atoms with E-state index in [-0.39, 0.29) is 29.7 Å². The maximum atomic E-state index is 13.5. The summed E-state index contributed by atoms with van der Waals surface area (Å²) < 4.78 is 13.5. The zero-order valence-electron chi connectivity index (χ0n) is 17.1. The number of halogens is 3. The first kappa shape index (κ1) is 22.1. The lowest BCUT2D eigenvalue weighted by Crippen LogP contribution is -2.48. The summed E-state index contributed by atoms with van der Waals surface area (Å²) >= 11 is 12.5. The van der Waals surface area contributed by atoms with Gasteiger partial charge in [0, 0.05) is 10.9 Å². The molecule has 4 rings (SSSR count). The lowest BCUT2D eigenvalue weighted by Gasteiger charge is -2.29. The van der Waals surface area contributed by atoms with Crippen LogP contribution in [-0.2, 0) is 4.79 Å². The summed E-state index contributed by atoms with van der Waals surface area (Å²) in [6.45, 7) is 1.91. The Hall–Kier alpha value is -2.15. The maximum Gasteiger partial charge on any atom is 0.268 e. The van der Waals surface area contributed by atoms with E-state index in [1.807, 2.05) is 6.92 Å². The summed E-state index contributed by atoms with van der Waals surface area (Å²) in [5, 5.41) is 20.4. The fourth-order valence-electron chi connectivity index (χ4n) is 4.37. The molecule has 4 atom stereocenters. The first-order valence-corrected chi connectivity index (χ1v) is 11.2. The van der Waals surface area contributed by atoms with E-state index in [1.165, 1.54) is 12.1 Å². The molecule has 0 bridgehead atoms. The first-order valence-electron chi connectivity index (χ1n) is 10.4. The van der Waals surface area contributed by atoms with Crippen LogP contribution < -0.4 is 10.3 Å². The molecule has 2 aliphatic rings. The fourth-order valence-corrected chi connectivity index (χ4v) is 4.86. The van der Waals surface area contributed by atoms with Crippen LogP contribution in [0.5, 0.6) is 0 Å². The maximum absolute atomic E-state index is 13.5. The zero-order chi connectivity index (χ0) is 22.1. The SMILES string of the molecule is C[C@@H]1C(C(=O)N[C@H]2CCCC[C@@H]2O)=NN(c2ccc(Cl)cc2Cl)[C@@H]1c1ccc(F)cc1. The summed E-state index contributed by atoms with van der Waals surface area (Å²) in [4.78, 5) is 13.1. The van der Waals surface area contributed by atoms with Crippen molar-refractivity contribution in [2.75, 3.05) is 5.01 Å². The largest absolute Gasteiger partial charge is 0.391 e. The number of nitrogens with zero attached hydrogens (tertiary/aromatic N) is 2. The molecule has 0 saturated heterocycles. The molecule has 1 heterocycles. The molecule has 1 aliphatic heterocycles. The van der Waals surface area contributed by atoms with E-state index in [1.54, 1.807) is 35.3 Å². The van der Waals surface area contributed by atoms with Gasteiger partial charge in [-0.15, -0.1) is 0 Å². The Labute approximate surface area is 190 Å². The minimum absolute atomic E-state index is 0.284. The monoisotopic (exact) mass is 463 g/mol. The smallest absolute Gasteiger partial charge is 0.268 e. The third kappa shape index (κ3) is 4.56. The van der Waals surface area contributed by atoms with Crippen LogP contribution >= 0.6 is 23.2 Å². The molecule has 31 heavy (non-hydrogen) atoms. The predicted octanol–water partition coefficient (Wildman–Crippen LogP) is 5.11. The third-order valence-corrected chi connectivity index (χ3v) is 6.57. The van der Waals surface area contributed by atoms with Crippen molar-refractivity contribution in [3.63, 3.8) is 0 Å². The van der Waals surface area contributed by atoms with E-state index in [0.29, 0.717) is 27.9 Å². The van der Waals surface area contributed by atoms with Gasteiger partial charge in [-0.2, -0.15) is 5.10 Å². The molecular weight excluding hydrogens is 440 g/mol. The fraction of sp³-hybridized carbons (Fsp3) is 0.391. The standard InChI is InChI=1S/C23H24Cl2FN3O2/c1-13-21(23(31)27-18-4-2-3-5-20(18)30)28-29(19-11-8-15(24)12-17(19)25)22(13)14-6-9-16(26)10-7-14/h6-13,18,20,22,30H,2-5H2,1H3,(H,27,31)/t13-,18+,20+,22+/m1/s1. The van der Waals surface area contributed by atoms with Crippen LogP contribution in [0.25, 0.3) is 0 Å². The van der Waals surface area contributed by atoms with Crippen LogP contribution in [0, 0.1) is 11.7 Å². The van der Waals surface area contributed by atoms with Crippen molar-refractivity contribution in [1.82, 2.24) is 5.32 Å². The Morgan fingerprint density at radius 2 is 1.87 bits per heavy atom. The molecule has 0 aromatic heterocycles. The lowest BCUT2D eigenvalue weighted by atomic mass is 9.89. The number of hydrazone groups is 1. The van der Waals surface area contributed by atoms with Gasteiger partial charge in [0.2, 0.25) is 0 Å². The van der Waals surface area contributed by atoms with Crippen LogP contribution in [0.1, 0.15) is 44.2 Å². The topological polar surface area (TPSA) is 64.9 Å². The van der Waals surface area contributed by atoms with Crippen molar-refractivity contribution in [3.8, 4) is 0 Å². The molecule has 5 nitrogen and oxygen atoms in total. The second-order valence-electron chi connectivity index (χ2n) is 8.14. The second-order valence-corrected chi connectivity index (χ2v) is 8.99. The van der Waals surface area contributed by atoms with Crippen molar-refractivity contribution in [3.05, 3.63) is 63.9 Å². The van der Waals surface area contributed by atoms with Gasteiger partial charge in [-0.1, -0.05) is 55.1 Å². The number of hydrogen-bond donors (Lipinski definition) is 2. The van der Waals surface area contributed by atoms with Crippen LogP contribution in [0.3, 0.4) is 0 Å². The van der Waals surface area contributed by atoms with Crippen LogP contribution in [0.2, 0.25) is 10.0 Å². The minimum atomic E-state index is -0.551. The van der Waals surface area contributed by atoms with Gasteiger partial charge in [0.15, 0.2) is 0 Å². The Kier molecular flexibility index (Phi) is 6.51. The second kappa shape index (κ2) is 9.15. The zero-order valence-corrected chi connectivity index (χ0v) is 18.6. The van der Waals surface area contributed by atoms with Crippen molar-refractivity contribution in [2.24, 2.45) is 11.0 Å². The van der Waals surface area contributed by atoms with E-state index in [0.717, 1.165) is 24.8 Å². The number of carbonyl (C=O) groups excluding carboxylic acids is 1. The highest BCUT2D eigenvalue weighted by Gasteiger charge is 2.41. The van der Waals surface area contributed by atoms with E-state index < -0.39 is 6.10 Å². The quantitative estimate of drug-likeness (QED) is 0.662. The van der Waals surface area contributed by atoms with Crippen molar-refractivity contribution in [1.29, 1.82) is 0 Å². The minimum Gasteiger partial charge on any atom is -0.391 e. The number of benzene rings is 2. The third-order valence-electron chi connectivity index (χ3n) is 6.03. The number of anilines is 1. The summed E-state index contributed by atoms with van der Waals surface area (Å²) in [7, 11) is 0. The van der Waals surface area contributed by atoms with Crippen LogP contribution in [0.15, 0.2) is 47.6 Å². The molecule has 1 fully saturated rings. The van der Waals surface area contributed by atoms with Crippen molar-refractivity contribution < 1.29 is 14.3 Å². The predicted molar refractivity (Wildman–Crippen MR) is 121 cm³/mol. The molecule has 0 radical (unpaired) electrons. The van der Waals surface area contributed by atoms with Gasteiger partial charge >= 0.3 is 0 Å². The number of amides is 1. The molecular formula is C23H24Cl2FN3O2. The molecule has 2 N–H and O–H groups in total. The summed E-state index contributed by atoms with van der Waals surface area (Å²) in [5.74, 6) is -0.938. The van der Waals surface area contributed by atoms with E-state index in [9.17, 15) is 14.3 Å². The lowest BCUT2D eigenvalue weighted by molar-refractivity contribution is -0.116. The van der Waals surface area contributed by atoms with Crippen LogP contribution in [0.4, 0.5) is 10.1 Å². The van der Waals surface area contributed by atoms with Gasteiger partial charge in [-0.25, -0.2) is 4.39 Å². The van der Waals surface area contributed by atoms with Gasteiger partial charge in [0.05, 0.1) is 28.9 Å². The van der Waals surface area contributed by atoms with Crippen molar-refractivity contribution in [2.45, 2.75) is 50.8 Å². The van der Waals surface area contributed by atoms with Crippen LogP contribution in [-0.4, -0.2) is 28.9 Å². The summed E-state index contributed by atoms with van der Waals surface area (Å²) in [6.07, 6.45) is 2.79. The Balaban J connectivity index is 1.68. The Morgan fingerprint density at radius 1 is 1.16 bits per heavy atom. The van der Waals surface area contributed by atoms with Gasteiger partial charge in [-0.3, -0.25) is 9.80 Å². The number of rotatable bonds is 4. The molecule has 0 spiro atoms.